The summed E-state index contributed by atoms with van der Waals surface area (Å²) in [6, 6.07) is 0.289. The van der Waals surface area contributed by atoms with Crippen LogP contribution >= 0.6 is 0 Å². The van der Waals surface area contributed by atoms with Crippen LogP contribution in [0.2, 0.25) is 0 Å². The highest BCUT2D eigenvalue weighted by molar-refractivity contribution is 5.78. The Balaban J connectivity index is 2.28. The Kier molecular flexibility index (Phi) is 5.92. The van der Waals surface area contributed by atoms with Crippen molar-refractivity contribution in [2.24, 2.45) is 11.7 Å². The normalized spacial score (nSPS) is 18.6. The quantitative estimate of drug-likeness (QED) is 0.778. The number of nitrogens with zero attached hydrogens (tertiary/aromatic N) is 2. The first-order valence-corrected chi connectivity index (χ1v) is 6.72. The number of piperidine rings is 1. The number of rotatable bonds is 5. The number of carbonyl (C=O) groups is 1. The smallest absolute Gasteiger partial charge is 0.236 e. The van der Waals surface area contributed by atoms with Crippen molar-refractivity contribution in [3.63, 3.8) is 0 Å². The van der Waals surface area contributed by atoms with E-state index in [-0.39, 0.29) is 11.9 Å². The van der Waals surface area contributed by atoms with Crippen molar-refractivity contribution in [2.45, 2.75) is 39.2 Å². The second-order valence-electron chi connectivity index (χ2n) is 5.40. The molecule has 4 heteroatoms. The van der Waals surface area contributed by atoms with Gasteiger partial charge in [0.1, 0.15) is 0 Å². The van der Waals surface area contributed by atoms with E-state index >= 15 is 0 Å². The van der Waals surface area contributed by atoms with Crippen LogP contribution in [0.25, 0.3) is 0 Å². The van der Waals surface area contributed by atoms with Crippen molar-refractivity contribution in [1.29, 1.82) is 0 Å². The van der Waals surface area contributed by atoms with E-state index in [1.165, 1.54) is 12.8 Å². The van der Waals surface area contributed by atoms with Crippen LogP contribution < -0.4 is 5.73 Å². The van der Waals surface area contributed by atoms with Crippen molar-refractivity contribution in [3.8, 4) is 0 Å². The average Bonchev–Trinajstić information content (AvgIpc) is 2.30. The highest BCUT2D eigenvalue weighted by atomic mass is 16.2. The predicted molar refractivity (Wildman–Crippen MR) is 70.7 cm³/mol. The highest BCUT2D eigenvalue weighted by Gasteiger charge is 2.22. The van der Waals surface area contributed by atoms with Crippen LogP contribution in [0.1, 0.15) is 33.1 Å². The van der Waals surface area contributed by atoms with Crippen molar-refractivity contribution >= 4 is 5.91 Å². The lowest BCUT2D eigenvalue weighted by Crippen LogP contribution is -2.44. The van der Waals surface area contributed by atoms with Gasteiger partial charge in [-0.05, 0) is 58.7 Å². The fraction of sp³-hybridized carbons (Fsp3) is 0.923. The van der Waals surface area contributed by atoms with Gasteiger partial charge in [0.2, 0.25) is 5.91 Å². The molecule has 0 aromatic rings. The molecule has 0 radical (unpaired) electrons. The Hall–Kier alpha value is -0.610. The van der Waals surface area contributed by atoms with Gasteiger partial charge in [-0.2, -0.15) is 0 Å². The molecule has 0 atom stereocenters. The average molecular weight is 241 g/mol. The van der Waals surface area contributed by atoms with Gasteiger partial charge in [0.25, 0.3) is 0 Å². The molecule has 1 aliphatic rings. The monoisotopic (exact) mass is 241 g/mol. The van der Waals surface area contributed by atoms with Crippen molar-refractivity contribution < 1.29 is 4.79 Å². The van der Waals surface area contributed by atoms with Crippen molar-refractivity contribution in [1.82, 2.24) is 9.80 Å². The third-order valence-corrected chi connectivity index (χ3v) is 3.81. The maximum atomic E-state index is 11.9. The van der Waals surface area contributed by atoms with E-state index in [0.717, 1.165) is 32.0 Å². The van der Waals surface area contributed by atoms with Crippen LogP contribution in [0, 0.1) is 5.92 Å². The second kappa shape index (κ2) is 6.97. The standard InChI is InChI=1S/C13H27N3O/c1-11(2)15(3)13(17)10-16-8-5-12(4-7-14)6-9-16/h11-12H,4-10,14H2,1-3H3. The first kappa shape index (κ1) is 14.5. The highest BCUT2D eigenvalue weighted by Crippen LogP contribution is 2.19. The van der Waals surface area contributed by atoms with E-state index < -0.39 is 0 Å². The molecule has 0 aromatic heterocycles. The maximum Gasteiger partial charge on any atom is 0.236 e. The molecule has 100 valence electrons. The van der Waals surface area contributed by atoms with E-state index in [1.807, 2.05) is 25.8 Å². The molecule has 0 unspecified atom stereocenters. The zero-order valence-corrected chi connectivity index (χ0v) is 11.5. The fourth-order valence-electron chi connectivity index (χ4n) is 2.26. The summed E-state index contributed by atoms with van der Waals surface area (Å²) >= 11 is 0. The number of hydrogen-bond acceptors (Lipinski definition) is 3. The van der Waals surface area contributed by atoms with Crippen LogP contribution in [-0.2, 0) is 4.79 Å². The van der Waals surface area contributed by atoms with Crippen LogP contribution in [0.15, 0.2) is 0 Å². The fourth-order valence-corrected chi connectivity index (χ4v) is 2.26. The SMILES string of the molecule is CC(C)N(C)C(=O)CN1CCC(CCN)CC1. The molecule has 1 rings (SSSR count). The molecular weight excluding hydrogens is 214 g/mol. The largest absolute Gasteiger partial charge is 0.342 e. The minimum Gasteiger partial charge on any atom is -0.342 e. The summed E-state index contributed by atoms with van der Waals surface area (Å²) in [5.74, 6) is 1.01. The maximum absolute atomic E-state index is 11.9. The first-order valence-electron chi connectivity index (χ1n) is 6.72. The molecule has 1 saturated heterocycles. The minimum atomic E-state index is 0.234. The Labute approximate surface area is 105 Å². The van der Waals surface area contributed by atoms with E-state index in [4.69, 9.17) is 5.73 Å². The Morgan fingerprint density at radius 1 is 1.41 bits per heavy atom. The number of likely N-dealkylation sites (tertiary alicyclic amines) is 1. The predicted octanol–water partition coefficient (Wildman–Crippen LogP) is 0.914. The molecule has 0 spiro atoms. The van der Waals surface area contributed by atoms with Gasteiger partial charge in [-0.25, -0.2) is 0 Å². The van der Waals surface area contributed by atoms with Gasteiger partial charge in [-0.3, -0.25) is 9.69 Å². The summed E-state index contributed by atoms with van der Waals surface area (Å²) in [5, 5.41) is 0. The van der Waals surface area contributed by atoms with Gasteiger partial charge in [-0.15, -0.1) is 0 Å². The number of hydrogen-bond donors (Lipinski definition) is 1. The van der Waals surface area contributed by atoms with Gasteiger partial charge >= 0.3 is 0 Å². The third kappa shape index (κ3) is 4.64. The number of amides is 1. The first-order chi connectivity index (χ1) is 8.04. The Morgan fingerprint density at radius 2 is 2.00 bits per heavy atom. The summed E-state index contributed by atoms with van der Waals surface area (Å²) in [5.41, 5.74) is 5.57. The molecule has 1 amide bonds. The van der Waals surface area contributed by atoms with Gasteiger partial charge in [0.15, 0.2) is 0 Å². The Bertz CT molecular complexity index is 235. The number of carbonyl (C=O) groups excluding carboxylic acids is 1. The molecule has 1 fully saturated rings. The van der Waals surface area contributed by atoms with E-state index in [9.17, 15) is 4.79 Å². The van der Waals surface area contributed by atoms with Gasteiger partial charge in [0.05, 0.1) is 6.54 Å². The van der Waals surface area contributed by atoms with E-state index in [0.29, 0.717) is 6.54 Å². The Morgan fingerprint density at radius 3 is 2.47 bits per heavy atom. The molecule has 1 heterocycles. The van der Waals surface area contributed by atoms with Crippen LogP contribution in [0.5, 0.6) is 0 Å². The van der Waals surface area contributed by atoms with Crippen LogP contribution in [0.3, 0.4) is 0 Å². The topological polar surface area (TPSA) is 49.6 Å². The van der Waals surface area contributed by atoms with Crippen molar-refractivity contribution in [2.75, 3.05) is 33.2 Å². The summed E-state index contributed by atoms with van der Waals surface area (Å²) in [6.45, 7) is 7.55. The van der Waals surface area contributed by atoms with Crippen LogP contribution in [-0.4, -0.2) is 55.0 Å². The molecule has 0 aliphatic carbocycles. The molecule has 17 heavy (non-hydrogen) atoms. The second-order valence-corrected chi connectivity index (χ2v) is 5.40. The molecule has 4 nitrogen and oxygen atoms in total. The minimum absolute atomic E-state index is 0.234. The van der Waals surface area contributed by atoms with Gasteiger partial charge in [-0.1, -0.05) is 0 Å². The zero-order valence-electron chi connectivity index (χ0n) is 11.5. The molecule has 1 aliphatic heterocycles. The lowest BCUT2D eigenvalue weighted by Gasteiger charge is -2.33. The molecule has 0 bridgehead atoms. The summed E-state index contributed by atoms with van der Waals surface area (Å²) in [4.78, 5) is 16.0. The van der Waals surface area contributed by atoms with Gasteiger partial charge in [0, 0.05) is 13.1 Å². The summed E-state index contributed by atoms with van der Waals surface area (Å²) in [7, 11) is 1.88. The van der Waals surface area contributed by atoms with Crippen LogP contribution in [0.4, 0.5) is 0 Å². The molecule has 2 N–H and O–H groups in total. The molecular formula is C13H27N3O. The number of likely N-dealkylation sites (N-methyl/N-ethyl adjacent to an activating group) is 1. The number of nitrogens with two attached hydrogens (primary N) is 1. The van der Waals surface area contributed by atoms with E-state index in [1.54, 1.807) is 0 Å². The molecule has 0 saturated carbocycles. The zero-order chi connectivity index (χ0) is 12.8. The van der Waals surface area contributed by atoms with Crippen molar-refractivity contribution in [3.05, 3.63) is 0 Å². The summed E-state index contributed by atoms with van der Waals surface area (Å²) < 4.78 is 0. The van der Waals surface area contributed by atoms with E-state index in [2.05, 4.69) is 4.90 Å². The lowest BCUT2D eigenvalue weighted by atomic mass is 9.94. The third-order valence-electron chi connectivity index (χ3n) is 3.81. The lowest BCUT2D eigenvalue weighted by molar-refractivity contribution is -0.132. The van der Waals surface area contributed by atoms with Gasteiger partial charge < -0.3 is 10.6 Å². The summed E-state index contributed by atoms with van der Waals surface area (Å²) in [6.07, 6.45) is 3.51. The molecule has 0 aromatic carbocycles.